The molecule has 5 rings (SSSR count). The van der Waals surface area contributed by atoms with Gasteiger partial charge in [-0.25, -0.2) is 0 Å². The quantitative estimate of drug-likeness (QED) is 0.315. The first-order valence-electron chi connectivity index (χ1n) is 12.7. The maximum atomic E-state index is 10.7. The van der Waals surface area contributed by atoms with Gasteiger partial charge >= 0.3 is 0 Å². The van der Waals surface area contributed by atoms with Gasteiger partial charge in [0.1, 0.15) is 11.5 Å². The number of para-hydroxylation sites is 2. The molecule has 187 valence electrons. The minimum atomic E-state index is -0.270. The Bertz CT molecular complexity index is 956. The van der Waals surface area contributed by atoms with E-state index in [1.165, 1.54) is 25.7 Å². The van der Waals surface area contributed by atoms with E-state index in [4.69, 9.17) is 4.42 Å². The first kappa shape index (κ1) is 27.1. The van der Waals surface area contributed by atoms with E-state index < -0.39 is 0 Å². The van der Waals surface area contributed by atoms with Gasteiger partial charge in [-0.2, -0.15) is 0 Å². The van der Waals surface area contributed by atoms with Crippen molar-refractivity contribution in [3.63, 3.8) is 0 Å². The Hall–Kier alpha value is -1.52. The van der Waals surface area contributed by atoms with Crippen molar-refractivity contribution in [1.29, 1.82) is 0 Å². The zero-order valence-corrected chi connectivity index (χ0v) is 22.7. The fourth-order valence-corrected chi connectivity index (χ4v) is 5.81. The minimum absolute atomic E-state index is 0. The van der Waals surface area contributed by atoms with Gasteiger partial charge in [-0.1, -0.05) is 50.8 Å². The van der Waals surface area contributed by atoms with Crippen LogP contribution < -0.4 is 0 Å². The molecule has 5 unspecified atom stereocenters. The zero-order valence-electron chi connectivity index (χ0n) is 20.3. The maximum absolute atomic E-state index is 10.7. The number of fused-ring (bicyclic) bond motifs is 2. The van der Waals surface area contributed by atoms with Crippen LogP contribution in [0, 0.1) is 29.7 Å². The summed E-state index contributed by atoms with van der Waals surface area (Å²) in [6.45, 7) is 4.47. The summed E-state index contributed by atoms with van der Waals surface area (Å²) < 4.78 is 5.61. The zero-order chi connectivity index (χ0) is 23.2. The van der Waals surface area contributed by atoms with Crippen molar-refractivity contribution in [1.82, 2.24) is 4.98 Å². The van der Waals surface area contributed by atoms with Crippen molar-refractivity contribution in [3.8, 4) is 11.5 Å². The molecular formula is C29H38IrNO3-. The van der Waals surface area contributed by atoms with E-state index in [1.807, 2.05) is 48.5 Å². The van der Waals surface area contributed by atoms with Crippen LogP contribution in [0.1, 0.15) is 65.2 Å². The van der Waals surface area contributed by atoms with E-state index in [9.17, 15) is 10.2 Å². The van der Waals surface area contributed by atoms with Crippen LogP contribution in [0.5, 0.6) is 0 Å². The standard InChI is InChI=1S/C16H30O2.C13H8NO.Ir/c1-11(2)10-13-8-5-7-12-6-3-4-9-14(17)15(12)16(13)18;1-2-6-10(7-3-1)13-14-11-8-4-5-9-12(11)15-13;/h11-18H,3-10H2,1-2H3;1-6,8-9H;/q;-1;. The van der Waals surface area contributed by atoms with E-state index in [-0.39, 0.29) is 38.2 Å². The van der Waals surface area contributed by atoms with Crippen molar-refractivity contribution in [2.24, 2.45) is 23.7 Å². The largest absolute Gasteiger partial charge is 0.481 e. The number of aliphatic hydroxyl groups excluding tert-OH is 2. The summed E-state index contributed by atoms with van der Waals surface area (Å²) in [6.07, 6.45) is 8.66. The average molecular weight is 641 g/mol. The van der Waals surface area contributed by atoms with Crippen molar-refractivity contribution < 1.29 is 34.7 Å². The predicted octanol–water partition coefficient (Wildman–Crippen LogP) is 6.65. The summed E-state index contributed by atoms with van der Waals surface area (Å²) in [5.74, 6) is 2.39. The number of rotatable bonds is 3. The third kappa shape index (κ3) is 6.79. The monoisotopic (exact) mass is 641 g/mol. The van der Waals surface area contributed by atoms with Gasteiger partial charge in [-0.15, -0.1) is 30.3 Å². The Kier molecular flexibility index (Phi) is 10.3. The fourth-order valence-electron chi connectivity index (χ4n) is 5.81. The van der Waals surface area contributed by atoms with Crippen LogP contribution in [0.2, 0.25) is 0 Å². The molecule has 34 heavy (non-hydrogen) atoms. The predicted molar refractivity (Wildman–Crippen MR) is 133 cm³/mol. The number of hydrogen-bond acceptors (Lipinski definition) is 4. The summed E-state index contributed by atoms with van der Waals surface area (Å²) in [4.78, 5) is 4.39. The Labute approximate surface area is 217 Å². The second-order valence-corrected chi connectivity index (χ2v) is 10.3. The first-order valence-corrected chi connectivity index (χ1v) is 12.7. The van der Waals surface area contributed by atoms with Crippen molar-refractivity contribution in [2.45, 2.75) is 77.4 Å². The molecule has 3 aromatic rings. The summed E-state index contributed by atoms with van der Waals surface area (Å²) in [5, 5.41) is 21.1. The molecule has 1 heterocycles. The molecule has 1 radical (unpaired) electrons. The number of oxazole rings is 1. The molecule has 2 fully saturated rings. The molecule has 5 atom stereocenters. The molecule has 2 aromatic carbocycles. The normalized spacial score (nSPS) is 27.0. The van der Waals surface area contributed by atoms with Crippen LogP contribution in [0.3, 0.4) is 0 Å². The van der Waals surface area contributed by atoms with E-state index in [0.717, 1.165) is 42.3 Å². The number of hydrogen-bond donors (Lipinski definition) is 2. The van der Waals surface area contributed by atoms with E-state index in [0.29, 0.717) is 23.6 Å². The second-order valence-electron chi connectivity index (χ2n) is 10.3. The molecular weight excluding hydrogens is 603 g/mol. The Morgan fingerprint density at radius 3 is 2.44 bits per heavy atom. The van der Waals surface area contributed by atoms with Gasteiger partial charge in [-0.3, -0.25) is 4.98 Å². The fraction of sp³-hybridized carbons (Fsp3) is 0.552. The Morgan fingerprint density at radius 2 is 1.71 bits per heavy atom. The summed E-state index contributed by atoms with van der Waals surface area (Å²) in [5.41, 5.74) is 2.57. The van der Waals surface area contributed by atoms with Gasteiger partial charge < -0.3 is 14.6 Å². The van der Waals surface area contributed by atoms with Crippen LogP contribution in [-0.2, 0) is 20.1 Å². The topological polar surface area (TPSA) is 66.5 Å². The van der Waals surface area contributed by atoms with Crippen molar-refractivity contribution >= 4 is 11.1 Å². The van der Waals surface area contributed by atoms with Crippen LogP contribution in [0.4, 0.5) is 0 Å². The van der Waals surface area contributed by atoms with Gasteiger partial charge in [0.05, 0.1) is 17.7 Å². The second kappa shape index (κ2) is 13.0. The van der Waals surface area contributed by atoms with Crippen molar-refractivity contribution in [3.05, 3.63) is 54.6 Å². The van der Waals surface area contributed by atoms with Gasteiger partial charge in [0.15, 0.2) is 0 Å². The Morgan fingerprint density at radius 1 is 0.971 bits per heavy atom. The molecule has 2 aliphatic rings. The van der Waals surface area contributed by atoms with Crippen molar-refractivity contribution in [2.75, 3.05) is 0 Å². The number of benzene rings is 2. The molecule has 0 amide bonds. The third-order valence-corrected chi connectivity index (χ3v) is 7.35. The summed E-state index contributed by atoms with van der Waals surface area (Å²) in [7, 11) is 0. The molecule has 2 aliphatic carbocycles. The smallest absolute Gasteiger partial charge is 0.141 e. The van der Waals surface area contributed by atoms with Gasteiger partial charge in [-0.05, 0) is 62.0 Å². The van der Waals surface area contributed by atoms with Crippen LogP contribution in [0.25, 0.3) is 22.6 Å². The Balaban J connectivity index is 0.000000187. The molecule has 2 saturated carbocycles. The van der Waals surface area contributed by atoms with E-state index in [2.05, 4.69) is 24.9 Å². The first-order chi connectivity index (χ1) is 16.0. The van der Waals surface area contributed by atoms with E-state index in [1.54, 1.807) is 0 Å². The number of nitrogens with zero attached hydrogens (tertiary/aromatic N) is 1. The van der Waals surface area contributed by atoms with Crippen LogP contribution in [-0.4, -0.2) is 27.4 Å². The van der Waals surface area contributed by atoms with Gasteiger partial charge in [0.25, 0.3) is 0 Å². The minimum Gasteiger partial charge on any atom is -0.481 e. The number of aliphatic hydroxyl groups is 2. The van der Waals surface area contributed by atoms with Gasteiger partial charge in [0, 0.05) is 26.0 Å². The maximum Gasteiger partial charge on any atom is 0.141 e. The summed E-state index contributed by atoms with van der Waals surface area (Å²) in [6, 6.07) is 18.5. The van der Waals surface area contributed by atoms with E-state index >= 15 is 0 Å². The number of aromatic nitrogens is 1. The molecule has 4 nitrogen and oxygen atoms in total. The molecule has 5 heteroatoms. The molecule has 0 bridgehead atoms. The SMILES string of the molecule is CC(C)CC1CCCC2CCCCC(O)C2C1O.[Ir].[c-]1ccccc1-c1nc2ccccc2o1. The molecule has 2 N–H and O–H groups in total. The van der Waals surface area contributed by atoms with Crippen LogP contribution >= 0.6 is 0 Å². The average Bonchev–Trinajstić information content (AvgIpc) is 3.09. The van der Waals surface area contributed by atoms with Crippen LogP contribution in [0.15, 0.2) is 52.9 Å². The van der Waals surface area contributed by atoms with Gasteiger partial charge in [0.2, 0.25) is 0 Å². The molecule has 1 aromatic heterocycles. The third-order valence-electron chi connectivity index (χ3n) is 7.35. The summed E-state index contributed by atoms with van der Waals surface area (Å²) >= 11 is 0. The molecule has 0 aliphatic heterocycles. The molecule has 0 saturated heterocycles. The molecule has 0 spiro atoms.